The Morgan fingerprint density at radius 1 is 1.35 bits per heavy atom. The van der Waals surface area contributed by atoms with E-state index in [-0.39, 0.29) is 17.8 Å². The molecule has 17 heavy (non-hydrogen) atoms. The number of aromatic hydroxyl groups is 1. The lowest BCUT2D eigenvalue weighted by Crippen LogP contribution is -2.15. The van der Waals surface area contributed by atoms with E-state index in [1.165, 1.54) is 0 Å². The first-order valence-electron chi connectivity index (χ1n) is 6.09. The third kappa shape index (κ3) is 5.38. The lowest BCUT2D eigenvalue weighted by atomic mass is 10.1. The molecular weight excluding hydrogens is 216 g/mol. The first-order chi connectivity index (χ1) is 8.11. The summed E-state index contributed by atoms with van der Waals surface area (Å²) in [5, 5.41) is 9.14. The average molecular weight is 236 g/mol. The van der Waals surface area contributed by atoms with Crippen LogP contribution in [0, 0.1) is 0 Å². The third-order valence-electron chi connectivity index (χ3n) is 2.56. The molecule has 0 saturated carbocycles. The lowest BCUT2D eigenvalue weighted by molar-refractivity contribution is -0.148. The Labute approximate surface area is 102 Å². The van der Waals surface area contributed by atoms with Crippen molar-refractivity contribution in [2.45, 2.75) is 45.6 Å². The SMILES string of the molecule is CCCC(=O)O[C@H](C)CCc1ccc(O)cc1. The first-order valence-corrected chi connectivity index (χ1v) is 6.09. The van der Waals surface area contributed by atoms with Gasteiger partial charge in [-0.15, -0.1) is 0 Å². The summed E-state index contributed by atoms with van der Waals surface area (Å²) in [6.45, 7) is 3.87. The fourth-order valence-electron chi connectivity index (χ4n) is 1.58. The van der Waals surface area contributed by atoms with E-state index in [0.717, 1.165) is 24.8 Å². The van der Waals surface area contributed by atoms with Crippen LogP contribution >= 0.6 is 0 Å². The van der Waals surface area contributed by atoms with Gasteiger partial charge in [-0.1, -0.05) is 19.1 Å². The van der Waals surface area contributed by atoms with Crippen LogP contribution in [0.5, 0.6) is 5.75 Å². The van der Waals surface area contributed by atoms with E-state index in [1.807, 2.05) is 26.0 Å². The van der Waals surface area contributed by atoms with Crippen LogP contribution in [0.25, 0.3) is 0 Å². The molecule has 0 heterocycles. The quantitative estimate of drug-likeness (QED) is 0.772. The molecule has 94 valence electrons. The van der Waals surface area contributed by atoms with Crippen molar-refractivity contribution in [2.24, 2.45) is 0 Å². The van der Waals surface area contributed by atoms with Crippen molar-refractivity contribution in [2.75, 3.05) is 0 Å². The second-order valence-corrected chi connectivity index (χ2v) is 4.26. The Morgan fingerprint density at radius 2 is 2.00 bits per heavy atom. The summed E-state index contributed by atoms with van der Waals surface area (Å²) in [6, 6.07) is 7.11. The maximum absolute atomic E-state index is 11.3. The maximum Gasteiger partial charge on any atom is 0.306 e. The Morgan fingerprint density at radius 3 is 2.59 bits per heavy atom. The molecule has 3 heteroatoms. The Bertz CT molecular complexity index is 343. The minimum Gasteiger partial charge on any atom is -0.508 e. The predicted octanol–water partition coefficient (Wildman–Crippen LogP) is 3.06. The smallest absolute Gasteiger partial charge is 0.306 e. The number of hydrogen-bond acceptors (Lipinski definition) is 3. The summed E-state index contributed by atoms with van der Waals surface area (Å²) >= 11 is 0. The van der Waals surface area contributed by atoms with Crippen LogP contribution in [0.2, 0.25) is 0 Å². The van der Waals surface area contributed by atoms with Crippen molar-refractivity contribution < 1.29 is 14.6 Å². The van der Waals surface area contributed by atoms with E-state index < -0.39 is 0 Å². The average Bonchev–Trinajstić information content (AvgIpc) is 2.28. The molecule has 1 atom stereocenters. The molecule has 0 fully saturated rings. The normalized spacial score (nSPS) is 12.1. The van der Waals surface area contributed by atoms with E-state index in [2.05, 4.69) is 0 Å². The number of benzene rings is 1. The molecule has 0 spiro atoms. The molecule has 1 N–H and O–H groups in total. The van der Waals surface area contributed by atoms with Crippen LogP contribution in [0.1, 0.15) is 38.7 Å². The number of esters is 1. The molecule has 1 aromatic carbocycles. The van der Waals surface area contributed by atoms with Crippen LogP contribution in [0.15, 0.2) is 24.3 Å². The number of hydrogen-bond donors (Lipinski definition) is 1. The fraction of sp³-hybridized carbons (Fsp3) is 0.500. The summed E-state index contributed by atoms with van der Waals surface area (Å²) in [4.78, 5) is 11.3. The zero-order valence-electron chi connectivity index (χ0n) is 10.5. The molecule has 1 rings (SSSR count). The zero-order valence-corrected chi connectivity index (χ0v) is 10.5. The second-order valence-electron chi connectivity index (χ2n) is 4.26. The molecular formula is C14H20O3. The van der Waals surface area contributed by atoms with E-state index in [0.29, 0.717) is 6.42 Å². The molecule has 3 nitrogen and oxygen atoms in total. The highest BCUT2D eigenvalue weighted by Gasteiger charge is 2.08. The first kappa shape index (κ1) is 13.6. The largest absolute Gasteiger partial charge is 0.508 e. The van der Waals surface area contributed by atoms with E-state index in [4.69, 9.17) is 9.84 Å². The molecule has 0 aliphatic carbocycles. The monoisotopic (exact) mass is 236 g/mol. The molecule has 0 unspecified atom stereocenters. The van der Waals surface area contributed by atoms with Gasteiger partial charge < -0.3 is 9.84 Å². The van der Waals surface area contributed by atoms with Gasteiger partial charge >= 0.3 is 5.97 Å². The van der Waals surface area contributed by atoms with Crippen molar-refractivity contribution >= 4 is 5.97 Å². The number of phenolic OH excluding ortho intramolecular Hbond substituents is 1. The highest BCUT2D eigenvalue weighted by molar-refractivity contribution is 5.69. The van der Waals surface area contributed by atoms with E-state index >= 15 is 0 Å². The second kappa shape index (κ2) is 6.94. The number of ether oxygens (including phenoxy) is 1. The molecule has 0 saturated heterocycles. The van der Waals surface area contributed by atoms with Gasteiger partial charge in [0.2, 0.25) is 0 Å². The molecule has 0 radical (unpaired) electrons. The van der Waals surface area contributed by atoms with Gasteiger partial charge in [-0.3, -0.25) is 4.79 Å². The number of phenols is 1. The zero-order chi connectivity index (χ0) is 12.7. The van der Waals surface area contributed by atoms with Crippen LogP contribution in [-0.2, 0) is 16.0 Å². The van der Waals surface area contributed by atoms with E-state index in [1.54, 1.807) is 12.1 Å². The summed E-state index contributed by atoms with van der Waals surface area (Å²) in [6.07, 6.45) is 2.91. The van der Waals surface area contributed by atoms with Crippen LogP contribution in [0.3, 0.4) is 0 Å². The topological polar surface area (TPSA) is 46.5 Å². The summed E-state index contributed by atoms with van der Waals surface area (Å²) in [7, 11) is 0. The van der Waals surface area contributed by atoms with Crippen molar-refractivity contribution in [3.63, 3.8) is 0 Å². The summed E-state index contributed by atoms with van der Waals surface area (Å²) in [5.41, 5.74) is 1.14. The number of aryl methyl sites for hydroxylation is 1. The Kier molecular flexibility index (Phi) is 5.53. The number of carbonyl (C=O) groups is 1. The molecule has 0 aromatic heterocycles. The van der Waals surface area contributed by atoms with Crippen molar-refractivity contribution in [3.8, 4) is 5.75 Å². The van der Waals surface area contributed by atoms with Gasteiger partial charge in [0, 0.05) is 6.42 Å². The van der Waals surface area contributed by atoms with Crippen molar-refractivity contribution in [1.29, 1.82) is 0 Å². The number of rotatable bonds is 6. The summed E-state index contributed by atoms with van der Waals surface area (Å²) < 4.78 is 5.25. The van der Waals surface area contributed by atoms with Crippen molar-refractivity contribution in [1.82, 2.24) is 0 Å². The molecule has 1 aromatic rings. The third-order valence-corrected chi connectivity index (χ3v) is 2.56. The maximum atomic E-state index is 11.3. The highest BCUT2D eigenvalue weighted by atomic mass is 16.5. The van der Waals surface area contributed by atoms with Crippen LogP contribution in [-0.4, -0.2) is 17.2 Å². The minimum absolute atomic E-state index is 0.0529. The minimum atomic E-state index is -0.120. The van der Waals surface area contributed by atoms with Gasteiger partial charge in [0.1, 0.15) is 5.75 Å². The highest BCUT2D eigenvalue weighted by Crippen LogP contribution is 2.13. The van der Waals surface area contributed by atoms with Crippen LogP contribution in [0.4, 0.5) is 0 Å². The summed E-state index contributed by atoms with van der Waals surface area (Å²) in [5.74, 6) is 0.155. The van der Waals surface area contributed by atoms with Gasteiger partial charge in [-0.2, -0.15) is 0 Å². The van der Waals surface area contributed by atoms with Gasteiger partial charge in [0.05, 0.1) is 6.10 Å². The Balaban J connectivity index is 2.30. The van der Waals surface area contributed by atoms with Crippen LogP contribution < -0.4 is 0 Å². The fourth-order valence-corrected chi connectivity index (χ4v) is 1.58. The van der Waals surface area contributed by atoms with Crippen molar-refractivity contribution in [3.05, 3.63) is 29.8 Å². The lowest BCUT2D eigenvalue weighted by Gasteiger charge is -2.12. The predicted molar refractivity (Wildman–Crippen MR) is 66.9 cm³/mol. The van der Waals surface area contributed by atoms with Gasteiger partial charge in [-0.25, -0.2) is 0 Å². The van der Waals surface area contributed by atoms with Gasteiger partial charge in [-0.05, 0) is 43.9 Å². The molecule has 0 bridgehead atoms. The Hall–Kier alpha value is -1.51. The number of carbonyl (C=O) groups excluding carboxylic acids is 1. The standard InChI is InChI=1S/C14H20O3/c1-3-4-14(16)17-11(2)5-6-12-7-9-13(15)10-8-12/h7-11,15H,3-6H2,1-2H3/t11-/m1/s1. The molecule has 0 aliphatic rings. The van der Waals surface area contributed by atoms with Gasteiger partial charge in [0.15, 0.2) is 0 Å². The van der Waals surface area contributed by atoms with E-state index in [9.17, 15) is 4.79 Å². The molecule has 0 aliphatic heterocycles. The van der Waals surface area contributed by atoms with Gasteiger partial charge in [0.25, 0.3) is 0 Å². The molecule has 0 amide bonds.